The van der Waals surface area contributed by atoms with E-state index in [0.717, 1.165) is 22.3 Å². The highest BCUT2D eigenvalue weighted by Gasteiger charge is 2.06. The largest absolute Gasteiger partial charge is 0.456 e. The van der Waals surface area contributed by atoms with Gasteiger partial charge in [-0.15, -0.1) is 0 Å². The lowest BCUT2D eigenvalue weighted by atomic mass is 10.1. The Labute approximate surface area is 126 Å². The van der Waals surface area contributed by atoms with Gasteiger partial charge in [0.25, 0.3) is 0 Å². The number of aryl methyl sites for hydroxylation is 1. The fourth-order valence-corrected chi connectivity index (χ4v) is 2.53. The van der Waals surface area contributed by atoms with E-state index in [0.29, 0.717) is 10.8 Å². The number of rotatable bonds is 4. The van der Waals surface area contributed by atoms with E-state index in [1.54, 1.807) is 0 Å². The molecule has 0 unspecified atom stereocenters. The maximum absolute atomic E-state index is 6.15. The summed E-state index contributed by atoms with van der Waals surface area (Å²) in [4.78, 5) is 0. The van der Waals surface area contributed by atoms with Crippen LogP contribution in [0.3, 0.4) is 0 Å². The van der Waals surface area contributed by atoms with E-state index in [1.807, 2.05) is 44.3 Å². The minimum absolute atomic E-state index is 0.591. The average Bonchev–Trinajstić information content (AvgIpc) is 2.36. The number of halogens is 2. The molecule has 0 saturated carbocycles. The zero-order chi connectivity index (χ0) is 13.8. The Morgan fingerprint density at radius 1 is 1.16 bits per heavy atom. The van der Waals surface area contributed by atoms with Crippen LogP contribution in [0.4, 0.5) is 0 Å². The fraction of sp³-hybridized carbons (Fsp3) is 0.200. The number of nitrogens with one attached hydrogen (secondary N) is 1. The lowest BCUT2D eigenvalue weighted by Crippen LogP contribution is -2.05. The van der Waals surface area contributed by atoms with E-state index in [2.05, 4.69) is 27.3 Å². The second kappa shape index (κ2) is 6.42. The highest BCUT2D eigenvalue weighted by molar-refractivity contribution is 9.10. The Hall–Kier alpha value is -1.03. The van der Waals surface area contributed by atoms with Crippen molar-refractivity contribution in [3.05, 3.63) is 57.0 Å². The lowest BCUT2D eigenvalue weighted by molar-refractivity contribution is 0.478. The van der Waals surface area contributed by atoms with Gasteiger partial charge in [-0.2, -0.15) is 0 Å². The van der Waals surface area contributed by atoms with Gasteiger partial charge < -0.3 is 10.1 Å². The number of benzene rings is 2. The molecule has 0 fully saturated rings. The van der Waals surface area contributed by atoms with Crippen molar-refractivity contribution in [2.24, 2.45) is 0 Å². The van der Waals surface area contributed by atoms with Crippen molar-refractivity contribution in [2.45, 2.75) is 13.5 Å². The number of ether oxygens (including phenoxy) is 1. The van der Waals surface area contributed by atoms with E-state index in [9.17, 15) is 0 Å². The van der Waals surface area contributed by atoms with Crippen molar-refractivity contribution in [2.75, 3.05) is 7.05 Å². The van der Waals surface area contributed by atoms with Gasteiger partial charge in [0.15, 0.2) is 0 Å². The Morgan fingerprint density at radius 3 is 2.53 bits per heavy atom. The van der Waals surface area contributed by atoms with E-state index in [-0.39, 0.29) is 0 Å². The molecule has 0 heterocycles. The van der Waals surface area contributed by atoms with Crippen LogP contribution in [0.15, 0.2) is 40.9 Å². The molecule has 19 heavy (non-hydrogen) atoms. The van der Waals surface area contributed by atoms with Gasteiger partial charge in [0, 0.05) is 11.0 Å². The summed E-state index contributed by atoms with van der Waals surface area (Å²) in [6.07, 6.45) is 0. The van der Waals surface area contributed by atoms with Crippen LogP contribution >= 0.6 is 27.5 Å². The van der Waals surface area contributed by atoms with Gasteiger partial charge in [0.1, 0.15) is 11.5 Å². The van der Waals surface area contributed by atoms with Crippen LogP contribution in [-0.4, -0.2) is 7.05 Å². The van der Waals surface area contributed by atoms with Crippen molar-refractivity contribution in [3.8, 4) is 11.5 Å². The predicted octanol–water partition coefficient (Wildman–Crippen LogP) is 4.92. The van der Waals surface area contributed by atoms with Gasteiger partial charge >= 0.3 is 0 Å². The summed E-state index contributed by atoms with van der Waals surface area (Å²) in [5, 5.41) is 3.72. The third-order valence-corrected chi connectivity index (χ3v) is 3.52. The molecule has 0 radical (unpaired) electrons. The molecule has 0 aliphatic rings. The third kappa shape index (κ3) is 3.72. The molecule has 0 bridgehead atoms. The van der Waals surface area contributed by atoms with E-state index < -0.39 is 0 Å². The highest BCUT2D eigenvalue weighted by Crippen LogP contribution is 2.33. The average molecular weight is 341 g/mol. The van der Waals surface area contributed by atoms with Crippen LogP contribution in [-0.2, 0) is 6.54 Å². The summed E-state index contributed by atoms with van der Waals surface area (Å²) in [5.41, 5.74) is 2.32. The summed E-state index contributed by atoms with van der Waals surface area (Å²) in [6.45, 7) is 2.88. The second-order valence-corrected chi connectivity index (χ2v) is 5.63. The maximum atomic E-state index is 6.15. The Morgan fingerprint density at radius 2 is 1.89 bits per heavy atom. The molecule has 2 rings (SSSR count). The smallest absolute Gasteiger partial charge is 0.146 e. The first-order valence-electron chi connectivity index (χ1n) is 5.97. The van der Waals surface area contributed by atoms with E-state index in [4.69, 9.17) is 16.3 Å². The molecule has 2 nitrogen and oxygen atoms in total. The van der Waals surface area contributed by atoms with E-state index in [1.165, 1.54) is 5.56 Å². The summed E-state index contributed by atoms with van der Waals surface area (Å²) in [6, 6.07) is 11.7. The SMILES string of the molecule is CNCc1ccc(Oc2ccc(Br)cc2Cl)c(C)c1. The molecular formula is C15H15BrClNO. The first-order chi connectivity index (χ1) is 9.10. The molecule has 0 aliphatic heterocycles. The molecule has 1 N–H and O–H groups in total. The van der Waals surface area contributed by atoms with Crippen LogP contribution in [0.5, 0.6) is 11.5 Å². The summed E-state index contributed by atoms with van der Waals surface area (Å²) in [5.74, 6) is 1.48. The molecule has 0 aromatic heterocycles. The fourth-order valence-electron chi connectivity index (χ4n) is 1.82. The van der Waals surface area contributed by atoms with E-state index >= 15 is 0 Å². The Bertz CT molecular complexity index is 586. The van der Waals surface area contributed by atoms with Crippen molar-refractivity contribution < 1.29 is 4.74 Å². The van der Waals surface area contributed by atoms with Gasteiger partial charge in [-0.05, 0) is 49.4 Å². The van der Waals surface area contributed by atoms with Crippen molar-refractivity contribution in [1.29, 1.82) is 0 Å². The Balaban J connectivity index is 2.23. The second-order valence-electron chi connectivity index (χ2n) is 4.31. The molecule has 2 aromatic rings. The van der Waals surface area contributed by atoms with Crippen molar-refractivity contribution in [1.82, 2.24) is 5.32 Å². The first-order valence-corrected chi connectivity index (χ1v) is 7.14. The van der Waals surface area contributed by atoms with Gasteiger partial charge in [0.2, 0.25) is 0 Å². The van der Waals surface area contributed by atoms with Gasteiger partial charge in [-0.25, -0.2) is 0 Å². The topological polar surface area (TPSA) is 21.3 Å². The van der Waals surface area contributed by atoms with Gasteiger partial charge in [0.05, 0.1) is 5.02 Å². The van der Waals surface area contributed by atoms with Gasteiger partial charge in [-0.1, -0.05) is 39.7 Å². The summed E-state index contributed by atoms with van der Waals surface area (Å²) in [7, 11) is 1.93. The molecule has 2 aromatic carbocycles. The van der Waals surface area contributed by atoms with Crippen molar-refractivity contribution >= 4 is 27.5 Å². The summed E-state index contributed by atoms with van der Waals surface area (Å²) < 4.78 is 6.79. The standard InChI is InChI=1S/C15H15BrClNO/c1-10-7-11(9-18-2)3-5-14(10)19-15-6-4-12(16)8-13(15)17/h3-8,18H,9H2,1-2H3. The number of hydrogen-bond donors (Lipinski definition) is 1. The van der Waals surface area contributed by atoms with Crippen molar-refractivity contribution in [3.63, 3.8) is 0 Å². The highest BCUT2D eigenvalue weighted by atomic mass is 79.9. The first kappa shape index (κ1) is 14.4. The molecule has 4 heteroatoms. The lowest BCUT2D eigenvalue weighted by Gasteiger charge is -2.11. The zero-order valence-electron chi connectivity index (χ0n) is 10.8. The molecule has 0 atom stereocenters. The van der Waals surface area contributed by atoms with Crippen LogP contribution in [0.25, 0.3) is 0 Å². The van der Waals surface area contributed by atoms with Crippen LogP contribution in [0.1, 0.15) is 11.1 Å². The normalized spacial score (nSPS) is 10.5. The molecule has 0 aliphatic carbocycles. The molecule has 0 spiro atoms. The summed E-state index contributed by atoms with van der Waals surface area (Å²) >= 11 is 9.52. The third-order valence-electron chi connectivity index (χ3n) is 2.73. The van der Waals surface area contributed by atoms with Crippen LogP contribution < -0.4 is 10.1 Å². The Kier molecular flexibility index (Phi) is 4.86. The van der Waals surface area contributed by atoms with Crippen LogP contribution in [0, 0.1) is 6.92 Å². The van der Waals surface area contributed by atoms with Gasteiger partial charge in [-0.3, -0.25) is 0 Å². The molecule has 0 saturated heterocycles. The quantitative estimate of drug-likeness (QED) is 0.852. The molecule has 100 valence electrons. The maximum Gasteiger partial charge on any atom is 0.146 e. The zero-order valence-corrected chi connectivity index (χ0v) is 13.2. The minimum Gasteiger partial charge on any atom is -0.456 e. The molecular weight excluding hydrogens is 326 g/mol. The monoisotopic (exact) mass is 339 g/mol. The minimum atomic E-state index is 0.591. The van der Waals surface area contributed by atoms with Crippen LogP contribution in [0.2, 0.25) is 5.02 Å². The predicted molar refractivity (Wildman–Crippen MR) is 83.2 cm³/mol. The molecule has 0 amide bonds. The number of hydrogen-bond acceptors (Lipinski definition) is 2.